The van der Waals surface area contributed by atoms with E-state index in [-0.39, 0.29) is 12.2 Å². The van der Waals surface area contributed by atoms with Crippen LogP contribution in [0.5, 0.6) is 5.75 Å². The number of rotatable bonds is 5. The predicted octanol–water partition coefficient (Wildman–Crippen LogP) is 5.24. The average molecular weight is 467 g/mol. The van der Waals surface area contributed by atoms with Crippen LogP contribution in [0.2, 0.25) is 10.0 Å². The van der Waals surface area contributed by atoms with Crippen LogP contribution in [0.1, 0.15) is 11.1 Å². The normalized spacial score (nSPS) is 15.1. The number of imide groups is 2. The van der Waals surface area contributed by atoms with Gasteiger partial charge >= 0.3 is 6.03 Å². The number of nitrogens with one attached hydrogen (secondary N) is 1. The van der Waals surface area contributed by atoms with Crippen molar-refractivity contribution in [2.24, 2.45) is 0 Å². The van der Waals surface area contributed by atoms with E-state index in [0.717, 1.165) is 10.5 Å². The topological polar surface area (TPSA) is 75.7 Å². The lowest BCUT2D eigenvalue weighted by Crippen LogP contribution is -2.54. The summed E-state index contributed by atoms with van der Waals surface area (Å²) in [5.74, 6) is -1.07. The van der Waals surface area contributed by atoms with Crippen LogP contribution in [-0.2, 0) is 16.2 Å². The zero-order valence-electron chi connectivity index (χ0n) is 16.5. The maximum Gasteiger partial charge on any atom is 0.335 e. The van der Waals surface area contributed by atoms with Gasteiger partial charge in [-0.15, -0.1) is 0 Å². The summed E-state index contributed by atoms with van der Waals surface area (Å²) < 4.78 is 5.74. The van der Waals surface area contributed by atoms with E-state index < -0.39 is 17.8 Å². The first-order chi connectivity index (χ1) is 15.4. The molecule has 1 aliphatic rings. The van der Waals surface area contributed by atoms with Gasteiger partial charge < -0.3 is 4.74 Å². The van der Waals surface area contributed by atoms with Crippen LogP contribution in [0.25, 0.3) is 6.08 Å². The molecule has 1 heterocycles. The smallest absolute Gasteiger partial charge is 0.335 e. The molecule has 8 heteroatoms. The standard InChI is InChI=1S/C24H16Cl2N2O4/c25-19-9-5-4-6-16(19)14-32-21-11-10-15(13-20(21)26)12-18-22(29)27-24(31)28(23(18)30)17-7-2-1-3-8-17/h1-13H,14H2,(H,27,29,31)/b18-12+. The van der Waals surface area contributed by atoms with Gasteiger partial charge in [-0.25, -0.2) is 9.69 Å². The highest BCUT2D eigenvalue weighted by Gasteiger charge is 2.36. The summed E-state index contributed by atoms with van der Waals surface area (Å²) >= 11 is 12.5. The van der Waals surface area contributed by atoms with E-state index in [4.69, 9.17) is 27.9 Å². The summed E-state index contributed by atoms with van der Waals surface area (Å²) in [6.45, 7) is 0.231. The number of benzene rings is 3. The first kappa shape index (κ1) is 21.6. The lowest BCUT2D eigenvalue weighted by molar-refractivity contribution is -0.122. The largest absolute Gasteiger partial charge is 0.487 e. The average Bonchev–Trinajstić information content (AvgIpc) is 2.78. The number of anilines is 1. The Bertz CT molecular complexity index is 1240. The van der Waals surface area contributed by atoms with Gasteiger partial charge in [-0.05, 0) is 42.0 Å². The number of carbonyl (C=O) groups excluding carboxylic acids is 3. The number of nitrogens with zero attached hydrogens (tertiary/aromatic N) is 1. The van der Waals surface area contributed by atoms with Gasteiger partial charge in [0.1, 0.15) is 17.9 Å². The quantitative estimate of drug-likeness (QED) is 0.412. The number of hydrogen-bond donors (Lipinski definition) is 1. The third kappa shape index (κ3) is 4.51. The molecule has 160 valence electrons. The fourth-order valence-electron chi connectivity index (χ4n) is 3.13. The Kier molecular flexibility index (Phi) is 6.25. The molecule has 4 rings (SSSR count). The molecule has 0 spiro atoms. The van der Waals surface area contributed by atoms with Crippen molar-refractivity contribution >= 4 is 52.8 Å². The second-order valence-corrected chi connectivity index (χ2v) is 7.68. The van der Waals surface area contributed by atoms with Crippen LogP contribution in [0.3, 0.4) is 0 Å². The third-order valence-electron chi connectivity index (χ3n) is 4.72. The van der Waals surface area contributed by atoms with Crippen molar-refractivity contribution in [1.82, 2.24) is 5.32 Å². The molecule has 0 aromatic heterocycles. The molecule has 1 N–H and O–H groups in total. The summed E-state index contributed by atoms with van der Waals surface area (Å²) in [5, 5.41) is 3.07. The fraction of sp³-hybridized carbons (Fsp3) is 0.0417. The number of urea groups is 1. The van der Waals surface area contributed by atoms with E-state index >= 15 is 0 Å². The Labute approximate surface area is 194 Å². The van der Waals surface area contributed by atoms with E-state index in [1.807, 2.05) is 18.2 Å². The van der Waals surface area contributed by atoms with E-state index in [1.165, 1.54) is 6.08 Å². The minimum atomic E-state index is -0.801. The molecule has 0 radical (unpaired) electrons. The zero-order chi connectivity index (χ0) is 22.7. The third-order valence-corrected chi connectivity index (χ3v) is 5.39. The Hall–Kier alpha value is -3.61. The van der Waals surface area contributed by atoms with Crippen molar-refractivity contribution in [2.75, 3.05) is 4.90 Å². The SMILES string of the molecule is O=C1NC(=O)N(c2ccccc2)C(=O)/C1=C/c1ccc(OCc2ccccc2Cl)c(Cl)c1. The van der Waals surface area contributed by atoms with Crippen molar-refractivity contribution in [3.63, 3.8) is 0 Å². The molecule has 0 unspecified atom stereocenters. The van der Waals surface area contributed by atoms with Gasteiger partial charge in [0.15, 0.2) is 0 Å². The fourth-order valence-corrected chi connectivity index (χ4v) is 3.56. The molecule has 1 fully saturated rings. The number of hydrogen-bond acceptors (Lipinski definition) is 4. The predicted molar refractivity (Wildman–Crippen MR) is 123 cm³/mol. The highest BCUT2D eigenvalue weighted by atomic mass is 35.5. The number of halogens is 2. The van der Waals surface area contributed by atoms with Gasteiger partial charge in [-0.1, -0.05) is 65.7 Å². The minimum absolute atomic E-state index is 0.186. The molecule has 32 heavy (non-hydrogen) atoms. The van der Waals surface area contributed by atoms with Crippen LogP contribution in [-0.4, -0.2) is 17.8 Å². The monoisotopic (exact) mass is 466 g/mol. The Balaban J connectivity index is 1.56. The van der Waals surface area contributed by atoms with Gasteiger partial charge in [0, 0.05) is 10.6 Å². The molecular weight excluding hydrogens is 451 g/mol. The Morgan fingerprint density at radius 2 is 1.59 bits per heavy atom. The maximum atomic E-state index is 12.9. The summed E-state index contributed by atoms with van der Waals surface area (Å²) in [6.07, 6.45) is 1.38. The molecule has 0 saturated carbocycles. The Morgan fingerprint density at radius 3 is 2.31 bits per heavy atom. The van der Waals surface area contributed by atoms with Crippen LogP contribution >= 0.6 is 23.2 Å². The molecule has 0 aliphatic carbocycles. The van der Waals surface area contributed by atoms with Crippen LogP contribution in [0, 0.1) is 0 Å². The summed E-state index contributed by atoms with van der Waals surface area (Å²) in [4.78, 5) is 38.4. The van der Waals surface area contributed by atoms with E-state index in [2.05, 4.69) is 5.32 Å². The van der Waals surface area contributed by atoms with Crippen molar-refractivity contribution in [2.45, 2.75) is 6.61 Å². The summed E-state index contributed by atoms with van der Waals surface area (Å²) in [6, 6.07) is 19.7. The lowest BCUT2D eigenvalue weighted by atomic mass is 10.1. The van der Waals surface area contributed by atoms with Crippen molar-refractivity contribution in [3.8, 4) is 5.75 Å². The van der Waals surface area contributed by atoms with Gasteiger partial charge in [-0.2, -0.15) is 0 Å². The number of para-hydroxylation sites is 1. The second kappa shape index (κ2) is 9.26. The molecule has 1 aliphatic heterocycles. The van der Waals surface area contributed by atoms with Crippen molar-refractivity contribution in [3.05, 3.63) is 99.5 Å². The van der Waals surface area contributed by atoms with E-state index in [0.29, 0.717) is 27.0 Å². The van der Waals surface area contributed by atoms with Crippen LogP contribution in [0.15, 0.2) is 78.4 Å². The maximum absolute atomic E-state index is 12.9. The number of barbiturate groups is 1. The highest BCUT2D eigenvalue weighted by Crippen LogP contribution is 2.29. The number of ether oxygens (including phenoxy) is 1. The molecule has 1 saturated heterocycles. The minimum Gasteiger partial charge on any atom is -0.487 e. The van der Waals surface area contributed by atoms with Gasteiger partial charge in [0.05, 0.1) is 10.7 Å². The molecule has 3 aromatic carbocycles. The Morgan fingerprint density at radius 1 is 0.875 bits per heavy atom. The zero-order valence-corrected chi connectivity index (χ0v) is 18.1. The number of carbonyl (C=O) groups is 3. The van der Waals surface area contributed by atoms with Crippen molar-refractivity contribution in [1.29, 1.82) is 0 Å². The molecule has 3 aromatic rings. The molecular formula is C24H16Cl2N2O4. The molecule has 4 amide bonds. The summed E-state index contributed by atoms with van der Waals surface area (Å²) in [7, 11) is 0. The second-order valence-electron chi connectivity index (χ2n) is 6.86. The van der Waals surface area contributed by atoms with Crippen molar-refractivity contribution < 1.29 is 19.1 Å². The lowest BCUT2D eigenvalue weighted by Gasteiger charge is -2.26. The van der Waals surface area contributed by atoms with Crippen LogP contribution in [0.4, 0.5) is 10.5 Å². The molecule has 6 nitrogen and oxygen atoms in total. The van der Waals surface area contributed by atoms with E-state index in [1.54, 1.807) is 54.6 Å². The molecule has 0 bridgehead atoms. The van der Waals surface area contributed by atoms with Gasteiger partial charge in [0.25, 0.3) is 11.8 Å². The van der Waals surface area contributed by atoms with Gasteiger partial charge in [0.2, 0.25) is 0 Å². The van der Waals surface area contributed by atoms with E-state index in [9.17, 15) is 14.4 Å². The summed E-state index contributed by atoms with van der Waals surface area (Å²) in [5.41, 5.74) is 1.48. The first-order valence-electron chi connectivity index (χ1n) is 9.56. The highest BCUT2D eigenvalue weighted by molar-refractivity contribution is 6.39. The van der Waals surface area contributed by atoms with Gasteiger partial charge in [-0.3, -0.25) is 14.9 Å². The number of amides is 4. The first-order valence-corrected chi connectivity index (χ1v) is 10.3. The van der Waals surface area contributed by atoms with Crippen LogP contribution < -0.4 is 15.0 Å². The molecule has 0 atom stereocenters.